The molecule has 366 valence electrons. The zero-order chi connectivity index (χ0) is 47.2. The van der Waals surface area contributed by atoms with Crippen LogP contribution >= 0.6 is 0 Å². The number of carbonyl (C=O) groups is 3. The zero-order valence-corrected chi connectivity index (χ0v) is 41.7. The minimum absolute atomic E-state index is 0.116. The van der Waals surface area contributed by atoms with Crippen molar-refractivity contribution in [1.29, 1.82) is 0 Å². The zero-order valence-electron chi connectivity index (χ0n) is 41.7. The quantitative estimate of drug-likeness (QED) is 0.0262. The smallest absolute Gasteiger partial charge is 0.306 e. The molecule has 0 rings (SSSR count). The van der Waals surface area contributed by atoms with E-state index in [4.69, 9.17) is 14.2 Å². The van der Waals surface area contributed by atoms with Gasteiger partial charge in [0.05, 0.1) is 0 Å². The molecule has 0 aliphatic carbocycles. The second-order valence-corrected chi connectivity index (χ2v) is 16.7. The molecule has 0 heterocycles. The first-order valence-electron chi connectivity index (χ1n) is 26.0. The van der Waals surface area contributed by atoms with Crippen LogP contribution in [0, 0.1) is 0 Å². The lowest BCUT2D eigenvalue weighted by Gasteiger charge is -2.18. The molecule has 0 unspecified atom stereocenters. The molecule has 0 aromatic rings. The van der Waals surface area contributed by atoms with Gasteiger partial charge in [-0.05, 0) is 96.3 Å². The van der Waals surface area contributed by atoms with Crippen molar-refractivity contribution in [2.45, 2.75) is 219 Å². The fraction of sp³-hybridized carbons (Fsp3) is 0.610. The maximum absolute atomic E-state index is 12.8. The van der Waals surface area contributed by atoms with E-state index in [2.05, 4.69) is 130 Å². The maximum atomic E-state index is 12.8. The molecule has 0 fully saturated rings. The molecule has 0 saturated carbocycles. The molecule has 0 aromatic carbocycles. The van der Waals surface area contributed by atoms with E-state index in [-0.39, 0.29) is 37.5 Å². The Balaban J connectivity index is 4.52. The van der Waals surface area contributed by atoms with Crippen molar-refractivity contribution in [2.24, 2.45) is 0 Å². The van der Waals surface area contributed by atoms with E-state index in [9.17, 15) is 14.4 Å². The molecule has 0 aliphatic rings. The van der Waals surface area contributed by atoms with E-state index in [1.807, 2.05) is 12.2 Å². The lowest BCUT2D eigenvalue weighted by Crippen LogP contribution is -2.30. The molecule has 0 aromatic heterocycles. The number of ether oxygens (including phenoxy) is 3. The topological polar surface area (TPSA) is 78.9 Å². The van der Waals surface area contributed by atoms with Crippen molar-refractivity contribution < 1.29 is 28.6 Å². The minimum atomic E-state index is -0.819. The molecule has 0 aliphatic heterocycles. The number of hydrogen-bond donors (Lipinski definition) is 0. The molecule has 0 bridgehead atoms. The summed E-state index contributed by atoms with van der Waals surface area (Å²) in [5.74, 6) is -1.03. The Morgan fingerprint density at radius 2 is 0.631 bits per heavy atom. The van der Waals surface area contributed by atoms with Gasteiger partial charge in [0, 0.05) is 19.3 Å². The Bertz CT molecular complexity index is 1400. The van der Waals surface area contributed by atoms with Crippen molar-refractivity contribution in [3.63, 3.8) is 0 Å². The third kappa shape index (κ3) is 50.7. The predicted octanol–water partition coefficient (Wildman–Crippen LogP) is 17.3. The fourth-order valence-electron chi connectivity index (χ4n) is 6.63. The highest BCUT2D eigenvalue weighted by Crippen LogP contribution is 2.13. The minimum Gasteiger partial charge on any atom is -0.462 e. The Morgan fingerprint density at radius 1 is 0.323 bits per heavy atom. The molecule has 0 spiro atoms. The summed E-state index contributed by atoms with van der Waals surface area (Å²) in [5.41, 5.74) is 0. The molecule has 6 nitrogen and oxygen atoms in total. The lowest BCUT2D eigenvalue weighted by molar-refractivity contribution is -0.166. The second-order valence-electron chi connectivity index (χ2n) is 16.7. The number of hydrogen-bond acceptors (Lipinski definition) is 6. The van der Waals surface area contributed by atoms with Crippen molar-refractivity contribution in [1.82, 2.24) is 0 Å². The summed E-state index contributed by atoms with van der Waals surface area (Å²) in [6.07, 6.45) is 71.9. The van der Waals surface area contributed by atoms with Crippen molar-refractivity contribution in [3.8, 4) is 0 Å². The van der Waals surface area contributed by atoms with Gasteiger partial charge in [-0.15, -0.1) is 0 Å². The molecule has 0 N–H and O–H groups in total. The first kappa shape index (κ1) is 60.8. The van der Waals surface area contributed by atoms with Gasteiger partial charge >= 0.3 is 17.9 Å². The van der Waals surface area contributed by atoms with Gasteiger partial charge in [0.15, 0.2) is 6.10 Å². The van der Waals surface area contributed by atoms with E-state index in [1.54, 1.807) is 0 Å². The first-order valence-corrected chi connectivity index (χ1v) is 26.0. The number of carbonyl (C=O) groups excluding carboxylic acids is 3. The van der Waals surface area contributed by atoms with Crippen LogP contribution in [0.15, 0.2) is 122 Å². The summed E-state index contributed by atoms with van der Waals surface area (Å²) in [6.45, 7) is 6.30. The molecular formula is C59H94O6. The lowest BCUT2D eigenvalue weighted by atomic mass is 10.1. The maximum Gasteiger partial charge on any atom is 0.306 e. The van der Waals surface area contributed by atoms with Gasteiger partial charge in [0.2, 0.25) is 0 Å². The van der Waals surface area contributed by atoms with Crippen LogP contribution in [0.3, 0.4) is 0 Å². The summed E-state index contributed by atoms with van der Waals surface area (Å²) >= 11 is 0. The van der Waals surface area contributed by atoms with Gasteiger partial charge in [-0.25, -0.2) is 0 Å². The third-order valence-corrected chi connectivity index (χ3v) is 10.5. The second kappa shape index (κ2) is 52.4. The van der Waals surface area contributed by atoms with Crippen LogP contribution < -0.4 is 0 Å². The largest absolute Gasteiger partial charge is 0.462 e. The summed E-state index contributed by atoms with van der Waals surface area (Å²) in [4.78, 5) is 37.9. The molecular weight excluding hydrogens is 805 g/mol. The van der Waals surface area contributed by atoms with Crippen LogP contribution in [0.1, 0.15) is 213 Å². The first-order chi connectivity index (χ1) is 32.0. The molecule has 0 radical (unpaired) electrons. The van der Waals surface area contributed by atoms with Crippen LogP contribution in [0.4, 0.5) is 0 Å². The molecule has 1 atom stereocenters. The van der Waals surface area contributed by atoms with Crippen molar-refractivity contribution in [3.05, 3.63) is 122 Å². The monoisotopic (exact) mass is 899 g/mol. The Kier molecular flexibility index (Phi) is 49.1. The Morgan fingerprint density at radius 3 is 1.03 bits per heavy atom. The Hall–Kier alpha value is -4.19. The van der Waals surface area contributed by atoms with Crippen LogP contribution in [0.5, 0.6) is 0 Å². The number of allylic oxidation sites excluding steroid dienone is 20. The van der Waals surface area contributed by atoms with Gasteiger partial charge in [-0.1, -0.05) is 219 Å². The van der Waals surface area contributed by atoms with E-state index in [0.717, 1.165) is 116 Å². The number of unbranched alkanes of at least 4 members (excludes halogenated alkanes) is 14. The number of rotatable bonds is 45. The highest BCUT2D eigenvalue weighted by molar-refractivity contribution is 5.71. The van der Waals surface area contributed by atoms with Gasteiger partial charge in [0.25, 0.3) is 0 Å². The SMILES string of the molecule is CC/C=C\C/C=C\C/C=C\C/C=C\C/C=C\C/C=C\CCC(=O)OC[C@H](COC(=O)CCCCCC/C=C\C/C=C\C/C=C\C/C=C\CC)OC(=O)CCCCCCCCCCCCC. The van der Waals surface area contributed by atoms with Crippen molar-refractivity contribution in [2.75, 3.05) is 13.2 Å². The summed E-state index contributed by atoms with van der Waals surface area (Å²) in [6, 6.07) is 0. The fourth-order valence-corrected chi connectivity index (χ4v) is 6.63. The standard InChI is InChI=1S/C59H94O6/c1-4-7-10-13-16-19-22-24-26-28-29-31-33-35-38-40-43-46-49-52-58(61)64-55-56(65-59(62)53-50-47-44-41-36-21-18-15-12-9-6-3)54-63-57(60)51-48-45-42-39-37-34-32-30-27-25-23-20-17-14-11-8-5-2/h7-8,10-11,16-17,19-20,24-27,29,31-32,34-35,38,43,46,56H,4-6,9,12-15,18,21-23,28,30,33,36-37,39-42,44-45,47-55H2,1-3H3/b10-7-,11-8-,19-16-,20-17-,26-24-,27-25-,31-29-,34-32-,38-35-,46-43-/t56-/m0/s1. The van der Waals surface area contributed by atoms with Crippen molar-refractivity contribution >= 4 is 17.9 Å². The van der Waals surface area contributed by atoms with E-state index >= 15 is 0 Å². The molecule has 65 heavy (non-hydrogen) atoms. The normalized spacial score (nSPS) is 13.1. The van der Waals surface area contributed by atoms with Gasteiger partial charge in [0.1, 0.15) is 13.2 Å². The third-order valence-electron chi connectivity index (χ3n) is 10.5. The summed E-state index contributed by atoms with van der Waals surface area (Å²) < 4.78 is 16.7. The van der Waals surface area contributed by atoms with E-state index in [0.29, 0.717) is 19.3 Å². The Labute approximate surface area is 399 Å². The number of esters is 3. The highest BCUT2D eigenvalue weighted by Gasteiger charge is 2.19. The van der Waals surface area contributed by atoms with E-state index < -0.39 is 6.10 Å². The van der Waals surface area contributed by atoms with Gasteiger partial charge in [-0.2, -0.15) is 0 Å². The van der Waals surface area contributed by atoms with Crippen LogP contribution in [-0.2, 0) is 28.6 Å². The summed E-state index contributed by atoms with van der Waals surface area (Å²) in [5, 5.41) is 0. The van der Waals surface area contributed by atoms with Gasteiger partial charge in [-0.3, -0.25) is 14.4 Å². The van der Waals surface area contributed by atoms with E-state index in [1.165, 1.54) is 51.4 Å². The molecule has 6 heteroatoms. The molecule has 0 amide bonds. The predicted molar refractivity (Wildman–Crippen MR) is 279 cm³/mol. The van der Waals surface area contributed by atoms with Crippen LogP contribution in [0.2, 0.25) is 0 Å². The molecule has 0 saturated heterocycles. The van der Waals surface area contributed by atoms with Gasteiger partial charge < -0.3 is 14.2 Å². The van der Waals surface area contributed by atoms with Crippen LogP contribution in [0.25, 0.3) is 0 Å². The summed E-state index contributed by atoms with van der Waals surface area (Å²) in [7, 11) is 0. The average Bonchev–Trinajstić information content (AvgIpc) is 3.30. The average molecular weight is 899 g/mol. The van der Waals surface area contributed by atoms with Crippen LogP contribution in [-0.4, -0.2) is 37.2 Å². The highest BCUT2D eigenvalue weighted by atomic mass is 16.6.